The minimum atomic E-state index is 0.448. The zero-order valence-electron chi connectivity index (χ0n) is 12.6. The SMILES string of the molecule is CC(C)CN(c1cncc(CNC2CC2)n1)C(C)C. The lowest BCUT2D eigenvalue weighted by atomic mass is 10.2. The topological polar surface area (TPSA) is 41.1 Å². The van der Waals surface area contributed by atoms with Gasteiger partial charge < -0.3 is 10.2 Å². The van der Waals surface area contributed by atoms with Gasteiger partial charge in [0.05, 0.1) is 11.9 Å². The number of anilines is 1. The molecule has 1 aromatic heterocycles. The Bertz CT molecular complexity index is 399. The van der Waals surface area contributed by atoms with Gasteiger partial charge in [0.25, 0.3) is 0 Å². The van der Waals surface area contributed by atoms with Crippen LogP contribution < -0.4 is 10.2 Å². The van der Waals surface area contributed by atoms with Gasteiger partial charge in [0.2, 0.25) is 0 Å². The van der Waals surface area contributed by atoms with E-state index in [1.165, 1.54) is 12.8 Å². The van der Waals surface area contributed by atoms with Crippen LogP contribution in [0.25, 0.3) is 0 Å². The number of rotatable bonds is 7. The Labute approximate surface area is 116 Å². The van der Waals surface area contributed by atoms with Gasteiger partial charge in [-0.2, -0.15) is 0 Å². The maximum atomic E-state index is 4.75. The fourth-order valence-electron chi connectivity index (χ4n) is 2.12. The van der Waals surface area contributed by atoms with Crippen LogP contribution in [0, 0.1) is 5.92 Å². The van der Waals surface area contributed by atoms with Gasteiger partial charge >= 0.3 is 0 Å². The molecule has 1 fully saturated rings. The second kappa shape index (κ2) is 6.33. The number of hydrogen-bond donors (Lipinski definition) is 1. The highest BCUT2D eigenvalue weighted by Crippen LogP contribution is 2.20. The van der Waals surface area contributed by atoms with Gasteiger partial charge in [-0.05, 0) is 32.6 Å². The van der Waals surface area contributed by atoms with Crippen molar-refractivity contribution in [2.24, 2.45) is 5.92 Å². The lowest BCUT2D eigenvalue weighted by molar-refractivity contribution is 0.563. The van der Waals surface area contributed by atoms with Gasteiger partial charge in [0, 0.05) is 31.4 Å². The molecule has 1 aliphatic rings. The summed E-state index contributed by atoms with van der Waals surface area (Å²) in [4.78, 5) is 11.4. The monoisotopic (exact) mass is 262 g/mol. The van der Waals surface area contributed by atoms with Gasteiger partial charge in [0.1, 0.15) is 5.82 Å². The summed E-state index contributed by atoms with van der Waals surface area (Å²) in [6.45, 7) is 10.7. The van der Waals surface area contributed by atoms with Crippen molar-refractivity contribution >= 4 is 5.82 Å². The Morgan fingerprint density at radius 1 is 1.26 bits per heavy atom. The highest BCUT2D eigenvalue weighted by atomic mass is 15.2. The van der Waals surface area contributed by atoms with E-state index < -0.39 is 0 Å². The largest absolute Gasteiger partial charge is 0.353 e. The van der Waals surface area contributed by atoms with Crippen LogP contribution in [0.5, 0.6) is 0 Å². The van der Waals surface area contributed by atoms with Crippen molar-refractivity contribution < 1.29 is 0 Å². The first kappa shape index (κ1) is 14.3. The molecule has 0 aliphatic heterocycles. The quantitative estimate of drug-likeness (QED) is 0.820. The predicted molar refractivity (Wildman–Crippen MR) is 79.2 cm³/mol. The number of nitrogens with zero attached hydrogens (tertiary/aromatic N) is 3. The van der Waals surface area contributed by atoms with Crippen LogP contribution in [0.3, 0.4) is 0 Å². The molecule has 0 atom stereocenters. The van der Waals surface area contributed by atoms with Gasteiger partial charge in [-0.15, -0.1) is 0 Å². The summed E-state index contributed by atoms with van der Waals surface area (Å²) in [6.07, 6.45) is 6.35. The number of nitrogens with one attached hydrogen (secondary N) is 1. The second-order valence-electron chi connectivity index (χ2n) is 6.16. The number of hydrogen-bond acceptors (Lipinski definition) is 4. The summed E-state index contributed by atoms with van der Waals surface area (Å²) >= 11 is 0. The van der Waals surface area contributed by atoms with Crippen molar-refractivity contribution in [1.29, 1.82) is 0 Å². The molecule has 19 heavy (non-hydrogen) atoms. The Morgan fingerprint density at radius 3 is 2.58 bits per heavy atom. The molecule has 1 aromatic rings. The molecular weight excluding hydrogens is 236 g/mol. The van der Waals surface area contributed by atoms with Crippen LogP contribution in [0.15, 0.2) is 12.4 Å². The summed E-state index contributed by atoms with van der Waals surface area (Å²) in [6, 6.07) is 1.16. The molecule has 4 heteroatoms. The van der Waals surface area contributed by atoms with E-state index in [-0.39, 0.29) is 0 Å². The van der Waals surface area contributed by atoms with Crippen LogP contribution in [-0.4, -0.2) is 28.6 Å². The Morgan fingerprint density at radius 2 is 2.00 bits per heavy atom. The first-order valence-electron chi connectivity index (χ1n) is 7.37. The zero-order chi connectivity index (χ0) is 13.8. The lowest BCUT2D eigenvalue weighted by Crippen LogP contribution is -2.35. The van der Waals surface area contributed by atoms with Crippen LogP contribution >= 0.6 is 0 Å². The first-order chi connectivity index (χ1) is 9.06. The molecule has 1 N–H and O–H groups in total. The fourth-order valence-corrected chi connectivity index (χ4v) is 2.12. The van der Waals surface area contributed by atoms with Crippen LogP contribution in [0.2, 0.25) is 0 Å². The van der Waals surface area contributed by atoms with Crippen molar-refractivity contribution in [1.82, 2.24) is 15.3 Å². The highest BCUT2D eigenvalue weighted by molar-refractivity contribution is 5.37. The van der Waals surface area contributed by atoms with E-state index in [0.717, 1.165) is 24.6 Å². The third-order valence-electron chi connectivity index (χ3n) is 3.30. The molecule has 1 saturated carbocycles. The summed E-state index contributed by atoms with van der Waals surface area (Å²) in [5.41, 5.74) is 1.04. The van der Waals surface area contributed by atoms with Crippen molar-refractivity contribution in [3.63, 3.8) is 0 Å². The molecule has 0 spiro atoms. The highest BCUT2D eigenvalue weighted by Gasteiger charge is 2.20. The summed E-state index contributed by atoms with van der Waals surface area (Å²) in [5, 5.41) is 3.49. The molecule has 0 saturated heterocycles. The van der Waals surface area contributed by atoms with Crippen molar-refractivity contribution in [2.75, 3.05) is 11.4 Å². The van der Waals surface area contributed by atoms with Gasteiger partial charge in [-0.3, -0.25) is 4.98 Å². The standard InChI is InChI=1S/C15H26N4/c1-11(2)10-19(12(3)4)15-9-16-7-14(18-15)8-17-13-5-6-13/h7,9,11-13,17H,5-6,8,10H2,1-4H3. The number of aromatic nitrogens is 2. The van der Waals surface area contributed by atoms with Gasteiger partial charge in [0.15, 0.2) is 0 Å². The molecule has 0 bridgehead atoms. The van der Waals surface area contributed by atoms with Crippen molar-refractivity contribution in [3.05, 3.63) is 18.1 Å². The average molecular weight is 262 g/mol. The van der Waals surface area contributed by atoms with E-state index in [1.54, 1.807) is 0 Å². The maximum Gasteiger partial charge on any atom is 0.147 e. The third kappa shape index (κ3) is 4.46. The first-order valence-corrected chi connectivity index (χ1v) is 7.37. The summed E-state index contributed by atoms with van der Waals surface area (Å²) in [7, 11) is 0. The molecule has 2 rings (SSSR count). The van der Waals surface area contributed by atoms with Crippen molar-refractivity contribution in [3.8, 4) is 0 Å². The molecular formula is C15H26N4. The fraction of sp³-hybridized carbons (Fsp3) is 0.733. The van der Waals surface area contributed by atoms with E-state index in [2.05, 4.69) is 42.9 Å². The zero-order valence-corrected chi connectivity index (χ0v) is 12.6. The average Bonchev–Trinajstić information content (AvgIpc) is 3.17. The van der Waals surface area contributed by atoms with Gasteiger partial charge in [-0.25, -0.2) is 4.98 Å². The molecule has 4 nitrogen and oxygen atoms in total. The minimum absolute atomic E-state index is 0.448. The summed E-state index contributed by atoms with van der Waals surface area (Å²) < 4.78 is 0. The van der Waals surface area contributed by atoms with E-state index in [9.17, 15) is 0 Å². The Balaban J connectivity index is 2.05. The van der Waals surface area contributed by atoms with Crippen LogP contribution in [0.4, 0.5) is 5.82 Å². The van der Waals surface area contributed by atoms with Crippen LogP contribution in [0.1, 0.15) is 46.2 Å². The summed E-state index contributed by atoms with van der Waals surface area (Å²) in [5.74, 6) is 1.62. The Hall–Kier alpha value is -1.16. The normalized spacial score (nSPS) is 15.3. The molecule has 106 valence electrons. The molecule has 1 heterocycles. The molecule has 0 radical (unpaired) electrons. The van der Waals surface area contributed by atoms with Crippen molar-refractivity contribution in [2.45, 2.75) is 59.2 Å². The lowest BCUT2D eigenvalue weighted by Gasteiger charge is -2.29. The molecule has 0 amide bonds. The van der Waals surface area contributed by atoms with E-state index in [0.29, 0.717) is 18.0 Å². The smallest absolute Gasteiger partial charge is 0.147 e. The minimum Gasteiger partial charge on any atom is -0.353 e. The van der Waals surface area contributed by atoms with Crippen LogP contribution in [-0.2, 0) is 6.54 Å². The predicted octanol–water partition coefficient (Wildman–Crippen LogP) is 2.60. The van der Waals surface area contributed by atoms with E-state index in [4.69, 9.17) is 4.98 Å². The van der Waals surface area contributed by atoms with Gasteiger partial charge in [-0.1, -0.05) is 13.8 Å². The second-order valence-corrected chi connectivity index (χ2v) is 6.16. The molecule has 0 aromatic carbocycles. The third-order valence-corrected chi connectivity index (χ3v) is 3.30. The Kier molecular flexibility index (Phi) is 4.75. The van der Waals surface area contributed by atoms with E-state index >= 15 is 0 Å². The molecule has 0 unspecified atom stereocenters. The molecule has 1 aliphatic carbocycles. The van der Waals surface area contributed by atoms with E-state index in [1.807, 2.05) is 12.4 Å². The maximum absolute atomic E-state index is 4.75.